The van der Waals surface area contributed by atoms with Gasteiger partial charge in [-0.1, -0.05) is 59.6 Å². The van der Waals surface area contributed by atoms with Crippen LogP contribution in [0.25, 0.3) is 0 Å². The van der Waals surface area contributed by atoms with Crippen LogP contribution < -0.4 is 5.32 Å². The summed E-state index contributed by atoms with van der Waals surface area (Å²) in [6, 6.07) is 12.1. The van der Waals surface area contributed by atoms with Crippen LogP contribution in [-0.2, 0) is 6.42 Å². The molecule has 0 bridgehead atoms. The van der Waals surface area contributed by atoms with Crippen molar-refractivity contribution in [3.8, 4) is 0 Å². The van der Waals surface area contributed by atoms with Gasteiger partial charge in [0.15, 0.2) is 6.04 Å². The minimum absolute atomic E-state index is 0.116. The summed E-state index contributed by atoms with van der Waals surface area (Å²) < 4.78 is 42.7. The molecule has 1 aromatic heterocycles. The number of hydrogen-bond donors (Lipinski definition) is 1. The molecule has 2 aliphatic rings. The normalized spacial score (nSPS) is 22.1. The van der Waals surface area contributed by atoms with Crippen molar-refractivity contribution < 1.29 is 18.0 Å². The fraction of sp³-hybridized carbons (Fsp3) is 0.360. The number of benzene rings is 2. The second-order valence-electron chi connectivity index (χ2n) is 9.11. The van der Waals surface area contributed by atoms with Crippen molar-refractivity contribution in [2.45, 2.75) is 37.5 Å². The minimum Gasteiger partial charge on any atom is -0.363 e. The summed E-state index contributed by atoms with van der Waals surface area (Å²) in [5.74, 6) is 0.0194. The van der Waals surface area contributed by atoms with E-state index < -0.39 is 18.3 Å². The Morgan fingerprint density at radius 3 is 2.60 bits per heavy atom. The topological polar surface area (TPSA) is 50.2 Å². The van der Waals surface area contributed by atoms with E-state index in [0.717, 1.165) is 28.7 Å². The molecule has 10 heteroatoms. The van der Waals surface area contributed by atoms with Crippen LogP contribution in [0.2, 0.25) is 10.0 Å². The van der Waals surface area contributed by atoms with Gasteiger partial charge in [-0.05, 0) is 42.0 Å². The molecule has 0 saturated carbocycles. The predicted molar refractivity (Wildman–Crippen MR) is 129 cm³/mol. The fourth-order valence-corrected chi connectivity index (χ4v) is 5.30. The number of carbonyl (C=O) groups is 1. The van der Waals surface area contributed by atoms with Crippen molar-refractivity contribution in [2.75, 3.05) is 18.4 Å². The van der Waals surface area contributed by atoms with E-state index in [2.05, 4.69) is 10.4 Å². The third kappa shape index (κ3) is 4.86. The SMILES string of the molecule is O=C(c1cnn2c1NC(c1ccccc1)CC2C(F)(F)F)N1CCC(Cc2ccc(Cl)c(Cl)c2)C1. The summed E-state index contributed by atoms with van der Waals surface area (Å²) in [5.41, 5.74) is 1.92. The summed E-state index contributed by atoms with van der Waals surface area (Å²) >= 11 is 12.1. The van der Waals surface area contributed by atoms with E-state index in [1.165, 1.54) is 6.20 Å². The van der Waals surface area contributed by atoms with E-state index in [1.807, 2.05) is 18.2 Å². The molecule has 2 aliphatic heterocycles. The number of likely N-dealkylation sites (tertiary alicyclic amines) is 1. The molecule has 3 heterocycles. The first-order valence-corrected chi connectivity index (χ1v) is 12.1. The standard InChI is InChI=1S/C25H23Cl2F3N4O/c26-19-7-6-15(11-20(19)27)10-16-8-9-33(14-16)24(35)18-13-31-34-22(25(28,29)30)12-21(32-23(18)34)17-4-2-1-3-5-17/h1-7,11,13,16,21-22,32H,8-10,12,14H2. The zero-order valence-corrected chi connectivity index (χ0v) is 20.1. The quantitative estimate of drug-likeness (QED) is 0.422. The lowest BCUT2D eigenvalue weighted by Gasteiger charge is -2.34. The molecule has 3 aromatic rings. The molecular formula is C25H23Cl2F3N4O. The summed E-state index contributed by atoms with van der Waals surface area (Å²) in [5, 5.41) is 8.12. The Morgan fingerprint density at radius 1 is 1.11 bits per heavy atom. The first kappa shape index (κ1) is 24.0. The molecule has 0 radical (unpaired) electrons. The van der Waals surface area contributed by atoms with Gasteiger partial charge in [0.2, 0.25) is 0 Å². The molecule has 35 heavy (non-hydrogen) atoms. The summed E-state index contributed by atoms with van der Waals surface area (Å²) in [7, 11) is 0. The highest BCUT2D eigenvalue weighted by Gasteiger charge is 2.47. The van der Waals surface area contributed by atoms with E-state index in [1.54, 1.807) is 35.2 Å². The van der Waals surface area contributed by atoms with Crippen LogP contribution in [0.1, 0.15) is 46.4 Å². The smallest absolute Gasteiger partial charge is 0.363 e. The molecule has 1 N–H and O–H groups in total. The van der Waals surface area contributed by atoms with Crippen molar-refractivity contribution in [3.05, 3.63) is 81.5 Å². The maximum Gasteiger partial charge on any atom is 0.410 e. The van der Waals surface area contributed by atoms with Crippen molar-refractivity contribution >= 4 is 34.9 Å². The third-order valence-electron chi connectivity index (χ3n) is 6.75. The molecule has 1 saturated heterocycles. The van der Waals surface area contributed by atoms with E-state index in [9.17, 15) is 18.0 Å². The molecule has 1 fully saturated rings. The Morgan fingerprint density at radius 2 is 1.89 bits per heavy atom. The largest absolute Gasteiger partial charge is 0.410 e. The maximum absolute atomic E-state index is 13.9. The molecule has 184 valence electrons. The second kappa shape index (κ2) is 9.39. The summed E-state index contributed by atoms with van der Waals surface area (Å²) in [6.45, 7) is 1.04. The number of halogens is 5. The predicted octanol–water partition coefficient (Wildman–Crippen LogP) is 6.56. The van der Waals surface area contributed by atoms with Gasteiger partial charge in [0.1, 0.15) is 11.4 Å². The van der Waals surface area contributed by atoms with Crippen LogP contribution in [0, 0.1) is 5.92 Å². The van der Waals surface area contributed by atoms with E-state index in [-0.39, 0.29) is 29.6 Å². The number of fused-ring (bicyclic) bond motifs is 1. The Labute approximate surface area is 210 Å². The van der Waals surface area contributed by atoms with Gasteiger partial charge in [-0.25, -0.2) is 4.68 Å². The molecule has 3 unspecified atom stereocenters. The summed E-state index contributed by atoms with van der Waals surface area (Å²) in [4.78, 5) is 15.1. The molecule has 0 spiro atoms. The Kier molecular flexibility index (Phi) is 6.44. The first-order valence-electron chi connectivity index (χ1n) is 11.4. The number of carbonyl (C=O) groups excluding carboxylic acids is 1. The van der Waals surface area contributed by atoms with Gasteiger partial charge in [0.25, 0.3) is 5.91 Å². The Balaban J connectivity index is 1.36. The lowest BCUT2D eigenvalue weighted by molar-refractivity contribution is -0.173. The lowest BCUT2D eigenvalue weighted by atomic mass is 9.96. The first-order chi connectivity index (χ1) is 16.7. The van der Waals surface area contributed by atoms with Crippen molar-refractivity contribution in [3.63, 3.8) is 0 Å². The fourth-order valence-electron chi connectivity index (χ4n) is 4.98. The molecule has 2 aromatic carbocycles. The van der Waals surface area contributed by atoms with Crippen LogP contribution in [0.3, 0.4) is 0 Å². The number of nitrogens with zero attached hydrogens (tertiary/aromatic N) is 3. The Bertz CT molecular complexity index is 1230. The second-order valence-corrected chi connectivity index (χ2v) is 9.92. The number of amides is 1. The lowest BCUT2D eigenvalue weighted by Crippen LogP contribution is -2.37. The van der Waals surface area contributed by atoms with Gasteiger partial charge in [-0.3, -0.25) is 4.79 Å². The highest BCUT2D eigenvalue weighted by atomic mass is 35.5. The van der Waals surface area contributed by atoms with E-state index >= 15 is 0 Å². The monoisotopic (exact) mass is 522 g/mol. The van der Waals surface area contributed by atoms with Crippen LogP contribution >= 0.6 is 23.2 Å². The Hall–Kier alpha value is -2.71. The van der Waals surface area contributed by atoms with Crippen LogP contribution in [-0.4, -0.2) is 39.9 Å². The highest BCUT2D eigenvalue weighted by Crippen LogP contribution is 2.44. The van der Waals surface area contributed by atoms with Gasteiger partial charge in [0, 0.05) is 19.5 Å². The van der Waals surface area contributed by atoms with Gasteiger partial charge >= 0.3 is 6.18 Å². The van der Waals surface area contributed by atoms with Crippen molar-refractivity contribution in [1.29, 1.82) is 0 Å². The van der Waals surface area contributed by atoms with Gasteiger partial charge in [-0.15, -0.1) is 0 Å². The molecule has 5 rings (SSSR count). The highest BCUT2D eigenvalue weighted by molar-refractivity contribution is 6.42. The molecule has 0 aliphatic carbocycles. The zero-order valence-electron chi connectivity index (χ0n) is 18.6. The van der Waals surface area contributed by atoms with E-state index in [0.29, 0.717) is 23.1 Å². The number of aromatic nitrogens is 2. The maximum atomic E-state index is 13.9. The number of alkyl halides is 3. The average Bonchev–Trinajstić information content (AvgIpc) is 3.47. The van der Waals surface area contributed by atoms with Crippen LogP contribution in [0.5, 0.6) is 0 Å². The average molecular weight is 523 g/mol. The van der Waals surface area contributed by atoms with Gasteiger partial charge < -0.3 is 10.2 Å². The molecular weight excluding hydrogens is 500 g/mol. The van der Waals surface area contributed by atoms with Crippen LogP contribution in [0.4, 0.5) is 19.0 Å². The molecule has 5 nitrogen and oxygen atoms in total. The van der Waals surface area contributed by atoms with Crippen molar-refractivity contribution in [2.24, 2.45) is 5.92 Å². The van der Waals surface area contributed by atoms with Crippen molar-refractivity contribution in [1.82, 2.24) is 14.7 Å². The zero-order chi connectivity index (χ0) is 24.7. The van der Waals surface area contributed by atoms with E-state index in [4.69, 9.17) is 23.2 Å². The van der Waals surface area contributed by atoms with Crippen LogP contribution in [0.15, 0.2) is 54.7 Å². The van der Waals surface area contributed by atoms with Gasteiger partial charge in [0.05, 0.1) is 22.3 Å². The number of anilines is 1. The molecule has 3 atom stereocenters. The summed E-state index contributed by atoms with van der Waals surface area (Å²) in [6.07, 6.45) is -1.92. The van der Waals surface area contributed by atoms with Gasteiger partial charge in [-0.2, -0.15) is 18.3 Å². The number of nitrogens with one attached hydrogen (secondary N) is 1. The number of rotatable bonds is 4. The number of hydrogen-bond acceptors (Lipinski definition) is 3. The minimum atomic E-state index is -4.49. The molecule has 1 amide bonds. The third-order valence-corrected chi connectivity index (χ3v) is 7.49.